The fourth-order valence-corrected chi connectivity index (χ4v) is 1.38. The van der Waals surface area contributed by atoms with E-state index in [9.17, 15) is 4.79 Å². The molecule has 4 heteroatoms. The van der Waals surface area contributed by atoms with Crippen molar-refractivity contribution in [1.29, 1.82) is 0 Å². The first kappa shape index (κ1) is 9.45. The molecule has 1 heterocycles. The van der Waals surface area contributed by atoms with Crippen molar-refractivity contribution in [3.8, 4) is 0 Å². The van der Waals surface area contributed by atoms with Gasteiger partial charge in [0, 0.05) is 0 Å². The van der Waals surface area contributed by atoms with Crippen molar-refractivity contribution in [3.05, 3.63) is 46.3 Å². The molecule has 0 radical (unpaired) electrons. The predicted molar refractivity (Wildman–Crippen MR) is 55.6 cm³/mol. The zero-order valence-electron chi connectivity index (χ0n) is 8.18. The Kier molecular flexibility index (Phi) is 2.25. The molecule has 1 aromatic heterocycles. The molecule has 4 nitrogen and oxygen atoms in total. The summed E-state index contributed by atoms with van der Waals surface area (Å²) in [5.41, 5.74) is 0.705. The molecule has 0 fully saturated rings. The summed E-state index contributed by atoms with van der Waals surface area (Å²) in [6.45, 7) is 0. The summed E-state index contributed by atoms with van der Waals surface area (Å²) in [4.78, 5) is 11.8. The van der Waals surface area contributed by atoms with Crippen LogP contribution in [-0.2, 0) is 0 Å². The van der Waals surface area contributed by atoms with E-state index in [0.717, 1.165) is 4.74 Å². The van der Waals surface area contributed by atoms with Crippen molar-refractivity contribution in [3.63, 3.8) is 0 Å². The Morgan fingerprint density at radius 2 is 2.13 bits per heavy atom. The molecule has 1 aromatic carbocycles. The van der Waals surface area contributed by atoms with Gasteiger partial charge in [-0.3, -0.25) is 10.0 Å². The van der Waals surface area contributed by atoms with Gasteiger partial charge < -0.3 is 4.42 Å². The summed E-state index contributed by atoms with van der Waals surface area (Å²) >= 11 is 0. The number of para-hydroxylation sites is 1. The third-order valence-electron chi connectivity index (χ3n) is 2.03. The summed E-state index contributed by atoms with van der Waals surface area (Å²) in [6.07, 6.45) is 2.63. The number of nitrogens with zero attached hydrogens (tertiary/aromatic N) is 1. The van der Waals surface area contributed by atoms with Crippen LogP contribution in [0.3, 0.4) is 0 Å². The highest BCUT2D eigenvalue weighted by Crippen LogP contribution is 2.09. The summed E-state index contributed by atoms with van der Waals surface area (Å²) in [5, 5.41) is 9.51. The topological polar surface area (TPSA) is 53.5 Å². The van der Waals surface area contributed by atoms with E-state index >= 15 is 0 Å². The second kappa shape index (κ2) is 3.57. The van der Waals surface area contributed by atoms with Crippen molar-refractivity contribution in [2.75, 3.05) is 7.05 Å². The third-order valence-corrected chi connectivity index (χ3v) is 2.03. The molecule has 0 aliphatic rings. The molecule has 2 rings (SSSR count). The van der Waals surface area contributed by atoms with E-state index in [-0.39, 0.29) is 5.43 Å². The van der Waals surface area contributed by atoms with Crippen LogP contribution in [0.15, 0.2) is 39.7 Å². The molecular weight excluding hydrogens is 194 g/mol. The average Bonchev–Trinajstić information content (AvgIpc) is 2.22. The van der Waals surface area contributed by atoms with Crippen LogP contribution in [0.25, 0.3) is 11.0 Å². The van der Waals surface area contributed by atoms with Gasteiger partial charge in [0.25, 0.3) is 0 Å². The zero-order chi connectivity index (χ0) is 10.8. The SMILES string of the molecule is C[N+](O)=Cc1coc2ccccc2c1=O. The molecule has 0 aliphatic carbocycles. The molecule has 1 N–H and O–H groups in total. The van der Waals surface area contributed by atoms with Crippen molar-refractivity contribution < 1.29 is 14.4 Å². The van der Waals surface area contributed by atoms with Gasteiger partial charge in [0.2, 0.25) is 11.6 Å². The highest BCUT2D eigenvalue weighted by Gasteiger charge is 2.07. The van der Waals surface area contributed by atoms with Crippen LogP contribution < -0.4 is 5.43 Å². The number of benzene rings is 1. The summed E-state index contributed by atoms with van der Waals surface area (Å²) < 4.78 is 6.08. The van der Waals surface area contributed by atoms with Gasteiger partial charge in [0.1, 0.15) is 17.4 Å². The van der Waals surface area contributed by atoms with Crippen molar-refractivity contribution in [2.45, 2.75) is 0 Å². The predicted octanol–water partition coefficient (Wildman–Crippen LogP) is 1.24. The molecule has 15 heavy (non-hydrogen) atoms. The van der Waals surface area contributed by atoms with Gasteiger partial charge in [-0.15, -0.1) is 0 Å². The number of fused-ring (bicyclic) bond motifs is 1. The van der Waals surface area contributed by atoms with Gasteiger partial charge in [-0.1, -0.05) is 12.1 Å². The molecule has 2 aromatic rings. The number of hydroxylamine groups is 1. The van der Waals surface area contributed by atoms with Crippen LogP contribution in [0.1, 0.15) is 5.56 Å². The van der Waals surface area contributed by atoms with Gasteiger partial charge in [-0.05, 0) is 16.9 Å². The molecule has 0 unspecified atom stereocenters. The van der Waals surface area contributed by atoms with Gasteiger partial charge in [-0.2, -0.15) is 0 Å². The van der Waals surface area contributed by atoms with Gasteiger partial charge in [0.15, 0.2) is 7.05 Å². The molecule has 0 amide bonds. The first-order chi connectivity index (χ1) is 7.18. The van der Waals surface area contributed by atoms with Gasteiger partial charge in [-0.25, -0.2) is 0 Å². The molecule has 76 valence electrons. The number of hydrogen-bond acceptors (Lipinski definition) is 3. The molecular formula is C11H10NO3+. The van der Waals surface area contributed by atoms with Crippen LogP contribution in [0.2, 0.25) is 0 Å². The maximum absolute atomic E-state index is 11.8. The summed E-state index contributed by atoms with van der Waals surface area (Å²) in [7, 11) is 1.43. The van der Waals surface area contributed by atoms with E-state index in [2.05, 4.69) is 0 Å². The van der Waals surface area contributed by atoms with E-state index in [1.807, 2.05) is 0 Å². The normalized spacial score (nSPS) is 11.9. The van der Waals surface area contributed by atoms with Crippen LogP contribution in [0, 0.1) is 0 Å². The monoisotopic (exact) mass is 204 g/mol. The lowest BCUT2D eigenvalue weighted by atomic mass is 10.2. The Morgan fingerprint density at radius 1 is 1.40 bits per heavy atom. The Hall–Kier alpha value is -2.10. The quantitative estimate of drug-likeness (QED) is 0.329. The Balaban J connectivity index is 2.77. The van der Waals surface area contributed by atoms with Crippen LogP contribution in [0.4, 0.5) is 0 Å². The Bertz CT molecular complexity index is 580. The highest BCUT2D eigenvalue weighted by molar-refractivity contribution is 5.84. The zero-order valence-corrected chi connectivity index (χ0v) is 8.18. The van der Waals surface area contributed by atoms with Gasteiger partial charge >= 0.3 is 0 Å². The Labute approximate surface area is 85.7 Å². The number of hydrogen-bond donors (Lipinski definition) is 1. The largest absolute Gasteiger partial charge is 0.463 e. The van der Waals surface area contributed by atoms with E-state index in [1.165, 1.54) is 19.5 Å². The minimum absolute atomic E-state index is 0.155. The van der Waals surface area contributed by atoms with Crippen molar-refractivity contribution in [1.82, 2.24) is 0 Å². The molecule has 0 saturated carbocycles. The molecule has 0 bridgehead atoms. The highest BCUT2D eigenvalue weighted by atomic mass is 16.5. The minimum atomic E-state index is -0.155. The molecule has 0 atom stereocenters. The van der Waals surface area contributed by atoms with E-state index in [4.69, 9.17) is 9.62 Å². The first-order valence-electron chi connectivity index (χ1n) is 4.45. The summed E-state index contributed by atoms with van der Waals surface area (Å²) in [6, 6.07) is 6.98. The van der Waals surface area contributed by atoms with Crippen LogP contribution in [-0.4, -0.2) is 23.2 Å². The lowest BCUT2D eigenvalue weighted by Gasteiger charge is -1.95. The fraction of sp³-hybridized carbons (Fsp3) is 0.0909. The fourth-order valence-electron chi connectivity index (χ4n) is 1.38. The second-order valence-electron chi connectivity index (χ2n) is 3.22. The van der Waals surface area contributed by atoms with E-state index in [1.54, 1.807) is 24.3 Å². The van der Waals surface area contributed by atoms with Crippen LogP contribution in [0.5, 0.6) is 0 Å². The maximum atomic E-state index is 11.8. The molecule has 0 saturated heterocycles. The molecule has 0 aliphatic heterocycles. The summed E-state index contributed by atoms with van der Waals surface area (Å²) in [5.74, 6) is 0. The van der Waals surface area contributed by atoms with Gasteiger partial charge in [0.05, 0.1) is 5.39 Å². The smallest absolute Gasteiger partial charge is 0.229 e. The van der Waals surface area contributed by atoms with Crippen molar-refractivity contribution >= 4 is 17.2 Å². The number of rotatable bonds is 1. The van der Waals surface area contributed by atoms with E-state index < -0.39 is 0 Å². The Morgan fingerprint density at radius 3 is 2.87 bits per heavy atom. The van der Waals surface area contributed by atoms with Crippen molar-refractivity contribution in [2.24, 2.45) is 0 Å². The van der Waals surface area contributed by atoms with E-state index in [0.29, 0.717) is 16.5 Å². The standard InChI is InChI=1S/C11H10NO3/c1-12(14)6-8-7-15-10-5-3-2-4-9(10)11(8)13/h2-7,14H,1H3/q+1. The second-order valence-corrected chi connectivity index (χ2v) is 3.22. The third kappa shape index (κ3) is 1.74. The first-order valence-corrected chi connectivity index (χ1v) is 4.45. The van der Waals surface area contributed by atoms with Crippen LogP contribution >= 0.6 is 0 Å². The molecule has 0 spiro atoms. The minimum Gasteiger partial charge on any atom is -0.463 e. The lowest BCUT2D eigenvalue weighted by Crippen LogP contribution is -2.12. The maximum Gasteiger partial charge on any atom is 0.229 e. The average molecular weight is 204 g/mol. The lowest BCUT2D eigenvalue weighted by molar-refractivity contribution is -0.751.